The van der Waals surface area contributed by atoms with E-state index in [0.29, 0.717) is 25.7 Å². The van der Waals surface area contributed by atoms with Gasteiger partial charge in [0, 0.05) is 13.7 Å². The summed E-state index contributed by atoms with van der Waals surface area (Å²) in [5.74, 6) is 1.97. The zero-order chi connectivity index (χ0) is 11.1. The molecule has 0 N–H and O–H groups in total. The lowest BCUT2D eigenvalue weighted by Crippen LogP contribution is -2.08. The molecule has 0 saturated carbocycles. The molecule has 6 heteroatoms. The third kappa shape index (κ3) is 3.44. The van der Waals surface area contributed by atoms with Crippen LogP contribution in [0.3, 0.4) is 0 Å². The Labute approximate surface area is 94.3 Å². The summed E-state index contributed by atoms with van der Waals surface area (Å²) in [5, 5.41) is 7.99. The van der Waals surface area contributed by atoms with Crippen LogP contribution in [0.15, 0.2) is 0 Å². The fourth-order valence-electron chi connectivity index (χ4n) is 1.25. The maximum atomic E-state index is 5.72. The Morgan fingerprint density at radius 3 is 2.60 bits per heavy atom. The number of ether oxygens (including phenoxy) is 2. The van der Waals surface area contributed by atoms with Crippen LogP contribution < -0.4 is 0 Å². The summed E-state index contributed by atoms with van der Waals surface area (Å²) in [7, 11) is 1.64. The first-order valence-corrected chi connectivity index (χ1v) is 5.40. The Balaban J connectivity index is 2.49. The van der Waals surface area contributed by atoms with E-state index in [1.807, 2.05) is 11.5 Å². The SMILES string of the molecule is CCn1c(CCl)nnc1COCCOC. The lowest BCUT2D eigenvalue weighted by Gasteiger charge is -2.06. The predicted octanol–water partition coefficient (Wildman–Crippen LogP) is 1.20. The molecule has 0 bridgehead atoms. The highest BCUT2D eigenvalue weighted by Crippen LogP contribution is 2.06. The van der Waals surface area contributed by atoms with Gasteiger partial charge < -0.3 is 14.0 Å². The van der Waals surface area contributed by atoms with Gasteiger partial charge in [-0.05, 0) is 6.92 Å². The van der Waals surface area contributed by atoms with E-state index in [0.717, 1.165) is 18.2 Å². The minimum atomic E-state index is 0.374. The van der Waals surface area contributed by atoms with Gasteiger partial charge in [-0.2, -0.15) is 0 Å². The Kier molecular flexibility index (Phi) is 5.60. The molecule has 0 aliphatic heterocycles. The molecule has 0 saturated heterocycles. The van der Waals surface area contributed by atoms with E-state index in [4.69, 9.17) is 21.1 Å². The number of alkyl halides is 1. The van der Waals surface area contributed by atoms with Gasteiger partial charge in [0.15, 0.2) is 5.82 Å². The molecule has 1 aromatic rings. The quantitative estimate of drug-likeness (QED) is 0.525. The van der Waals surface area contributed by atoms with E-state index in [1.54, 1.807) is 7.11 Å². The average molecular weight is 234 g/mol. The molecule has 1 rings (SSSR count). The zero-order valence-corrected chi connectivity index (χ0v) is 9.83. The average Bonchev–Trinajstić information content (AvgIpc) is 2.66. The van der Waals surface area contributed by atoms with E-state index in [2.05, 4.69) is 10.2 Å². The van der Waals surface area contributed by atoms with Crippen LogP contribution in [0, 0.1) is 0 Å². The molecular formula is C9H16ClN3O2. The molecule has 0 aliphatic carbocycles. The van der Waals surface area contributed by atoms with Crippen LogP contribution in [0.1, 0.15) is 18.6 Å². The predicted molar refractivity (Wildman–Crippen MR) is 56.8 cm³/mol. The summed E-state index contributed by atoms with van der Waals surface area (Å²) in [6.07, 6.45) is 0. The summed E-state index contributed by atoms with van der Waals surface area (Å²) < 4.78 is 12.2. The summed E-state index contributed by atoms with van der Waals surface area (Å²) in [6.45, 7) is 4.42. The van der Waals surface area contributed by atoms with Gasteiger partial charge >= 0.3 is 0 Å². The van der Waals surface area contributed by atoms with Crippen molar-refractivity contribution < 1.29 is 9.47 Å². The van der Waals surface area contributed by atoms with Crippen molar-refractivity contribution in [2.24, 2.45) is 0 Å². The second-order valence-electron chi connectivity index (χ2n) is 2.96. The van der Waals surface area contributed by atoms with Gasteiger partial charge in [0.1, 0.15) is 12.4 Å². The second-order valence-corrected chi connectivity index (χ2v) is 3.22. The lowest BCUT2D eigenvalue weighted by molar-refractivity contribution is 0.0572. The molecule has 0 unspecified atom stereocenters. The first kappa shape index (κ1) is 12.4. The summed E-state index contributed by atoms with van der Waals surface area (Å²) >= 11 is 5.72. The van der Waals surface area contributed by atoms with E-state index >= 15 is 0 Å². The van der Waals surface area contributed by atoms with Crippen molar-refractivity contribution in [2.45, 2.75) is 26.0 Å². The second kappa shape index (κ2) is 6.76. The first-order valence-electron chi connectivity index (χ1n) is 4.87. The van der Waals surface area contributed by atoms with E-state index in [-0.39, 0.29) is 0 Å². The maximum Gasteiger partial charge on any atom is 0.159 e. The van der Waals surface area contributed by atoms with Gasteiger partial charge in [0.2, 0.25) is 0 Å². The Morgan fingerprint density at radius 2 is 2.00 bits per heavy atom. The number of hydrogen-bond donors (Lipinski definition) is 0. The zero-order valence-electron chi connectivity index (χ0n) is 9.07. The van der Waals surface area contributed by atoms with Crippen LogP contribution in [-0.2, 0) is 28.5 Å². The van der Waals surface area contributed by atoms with Gasteiger partial charge in [-0.3, -0.25) is 0 Å². The third-order valence-electron chi connectivity index (χ3n) is 2.00. The standard InChI is InChI=1S/C9H16ClN3O2/c1-3-13-8(6-10)11-12-9(13)7-15-5-4-14-2/h3-7H2,1-2H3. The van der Waals surface area contributed by atoms with E-state index in [9.17, 15) is 0 Å². The Bertz CT molecular complexity index is 291. The van der Waals surface area contributed by atoms with E-state index < -0.39 is 0 Å². The molecule has 0 aliphatic rings. The van der Waals surface area contributed by atoms with Crippen LogP contribution in [0.25, 0.3) is 0 Å². The molecule has 5 nitrogen and oxygen atoms in total. The van der Waals surface area contributed by atoms with Gasteiger partial charge in [-0.15, -0.1) is 21.8 Å². The normalized spacial score (nSPS) is 10.9. The fourth-order valence-corrected chi connectivity index (χ4v) is 1.45. The molecule has 1 heterocycles. The first-order chi connectivity index (χ1) is 7.33. The third-order valence-corrected chi connectivity index (χ3v) is 2.24. The van der Waals surface area contributed by atoms with Crippen LogP contribution in [0.4, 0.5) is 0 Å². The smallest absolute Gasteiger partial charge is 0.159 e. The number of halogens is 1. The molecule has 1 aromatic heterocycles. The summed E-state index contributed by atoms with van der Waals surface area (Å²) in [4.78, 5) is 0. The lowest BCUT2D eigenvalue weighted by atomic mass is 10.5. The molecule has 0 amide bonds. The number of hydrogen-bond acceptors (Lipinski definition) is 4. The van der Waals surface area contributed by atoms with Crippen molar-refractivity contribution in [1.29, 1.82) is 0 Å². The number of methoxy groups -OCH3 is 1. The maximum absolute atomic E-state index is 5.72. The highest BCUT2D eigenvalue weighted by molar-refractivity contribution is 6.16. The van der Waals surface area contributed by atoms with Crippen LogP contribution in [-0.4, -0.2) is 35.1 Å². The van der Waals surface area contributed by atoms with Gasteiger partial charge in [0.25, 0.3) is 0 Å². The summed E-state index contributed by atoms with van der Waals surface area (Å²) in [5.41, 5.74) is 0. The van der Waals surface area contributed by atoms with Crippen molar-refractivity contribution in [1.82, 2.24) is 14.8 Å². The number of nitrogens with zero attached hydrogens (tertiary/aromatic N) is 3. The number of aromatic nitrogens is 3. The van der Waals surface area contributed by atoms with Crippen LogP contribution in [0.5, 0.6) is 0 Å². The topological polar surface area (TPSA) is 49.2 Å². The molecule has 0 atom stereocenters. The highest BCUT2D eigenvalue weighted by atomic mass is 35.5. The molecule has 86 valence electrons. The van der Waals surface area contributed by atoms with Crippen molar-refractivity contribution >= 4 is 11.6 Å². The highest BCUT2D eigenvalue weighted by Gasteiger charge is 2.09. The van der Waals surface area contributed by atoms with Gasteiger partial charge in [-0.1, -0.05) is 0 Å². The van der Waals surface area contributed by atoms with Crippen LogP contribution in [0.2, 0.25) is 0 Å². The van der Waals surface area contributed by atoms with Crippen molar-refractivity contribution in [3.8, 4) is 0 Å². The fraction of sp³-hybridized carbons (Fsp3) is 0.778. The van der Waals surface area contributed by atoms with E-state index in [1.165, 1.54) is 0 Å². The van der Waals surface area contributed by atoms with Gasteiger partial charge in [0.05, 0.1) is 19.1 Å². The number of rotatable bonds is 7. The molecule has 0 fully saturated rings. The Hall–Kier alpha value is -0.650. The molecular weight excluding hydrogens is 218 g/mol. The molecule has 15 heavy (non-hydrogen) atoms. The largest absolute Gasteiger partial charge is 0.382 e. The molecule has 0 aromatic carbocycles. The van der Waals surface area contributed by atoms with Crippen molar-refractivity contribution in [3.05, 3.63) is 11.6 Å². The monoisotopic (exact) mass is 233 g/mol. The minimum absolute atomic E-state index is 0.374. The Morgan fingerprint density at radius 1 is 1.27 bits per heavy atom. The molecule has 0 radical (unpaired) electrons. The molecule has 0 spiro atoms. The summed E-state index contributed by atoms with van der Waals surface area (Å²) in [6, 6.07) is 0. The van der Waals surface area contributed by atoms with Crippen molar-refractivity contribution in [2.75, 3.05) is 20.3 Å². The van der Waals surface area contributed by atoms with Gasteiger partial charge in [-0.25, -0.2) is 0 Å². The minimum Gasteiger partial charge on any atom is -0.382 e. The van der Waals surface area contributed by atoms with Crippen LogP contribution >= 0.6 is 11.6 Å². The van der Waals surface area contributed by atoms with Crippen molar-refractivity contribution in [3.63, 3.8) is 0 Å².